The van der Waals surface area contributed by atoms with E-state index in [0.717, 1.165) is 23.3 Å². The number of carbonyl (C=O) groups is 1. The molecule has 1 atom stereocenters. The van der Waals surface area contributed by atoms with Gasteiger partial charge in [-0.1, -0.05) is 53.5 Å². The maximum Gasteiger partial charge on any atom is 0.573 e. The number of hydrazone groups is 2. The number of nitrogens with one attached hydrogen (secondary N) is 2. The van der Waals surface area contributed by atoms with E-state index in [1.807, 2.05) is 0 Å². The summed E-state index contributed by atoms with van der Waals surface area (Å²) in [5.74, 6) is -0.919. The number of hydrogen-bond donors (Lipinski definition) is 2. The Labute approximate surface area is 242 Å². The number of hydrogen-bond acceptors (Lipinski definition) is 7. The predicted octanol–water partition coefficient (Wildman–Crippen LogP) is 6.37. The summed E-state index contributed by atoms with van der Waals surface area (Å²) < 4.78 is 46.3. The monoisotopic (exact) mass is 609 g/mol. The van der Waals surface area contributed by atoms with Gasteiger partial charge in [-0.25, -0.2) is 4.79 Å². The highest BCUT2D eigenvalue weighted by Crippen LogP contribution is 2.31. The lowest BCUT2D eigenvalue weighted by atomic mass is 10.0. The minimum atomic E-state index is -4.81. The lowest BCUT2D eigenvalue weighted by Crippen LogP contribution is -2.35. The molecule has 3 aromatic rings. The van der Waals surface area contributed by atoms with Gasteiger partial charge in [0.25, 0.3) is 0 Å². The van der Waals surface area contributed by atoms with Crippen molar-refractivity contribution in [1.29, 1.82) is 0 Å². The Morgan fingerprint density at radius 3 is 2.35 bits per heavy atom. The Balaban J connectivity index is 1.43. The standard InChI is InChI=1S/C26H20Cl2F3N5O3S/c1-38-24(37)22-13-21(35-36(22)17-9-11-18(12-10-17)39-26(29,30)31)16-7-5-15(6-8-16)14-32-34-25(40)33-23-19(27)3-2-4-20(23)28/h2-12,14,22H,13H2,1H3,(H2,33,34,40)/b32-14+. The third kappa shape index (κ3) is 7.40. The van der Waals surface area contributed by atoms with Crippen molar-refractivity contribution < 1.29 is 27.4 Å². The van der Waals surface area contributed by atoms with Gasteiger partial charge in [0.05, 0.1) is 40.5 Å². The molecule has 14 heteroatoms. The molecule has 0 amide bonds. The minimum Gasteiger partial charge on any atom is -0.467 e. The van der Waals surface area contributed by atoms with Crippen LogP contribution in [0.5, 0.6) is 5.75 Å². The molecular formula is C26H20Cl2F3N5O3S. The molecule has 0 spiro atoms. The van der Waals surface area contributed by atoms with Crippen molar-refractivity contribution in [3.05, 3.63) is 87.9 Å². The summed E-state index contributed by atoms with van der Waals surface area (Å²) in [7, 11) is 1.26. The summed E-state index contributed by atoms with van der Waals surface area (Å²) in [5.41, 5.74) is 5.63. The molecule has 0 aromatic heterocycles. The molecule has 1 heterocycles. The first kappa shape index (κ1) is 29.1. The van der Waals surface area contributed by atoms with E-state index in [0.29, 0.717) is 27.1 Å². The number of thiocarbonyl (C=S) groups is 1. The third-order valence-electron chi connectivity index (χ3n) is 5.54. The largest absolute Gasteiger partial charge is 0.573 e. The summed E-state index contributed by atoms with van der Waals surface area (Å²) in [4.78, 5) is 12.4. The van der Waals surface area contributed by atoms with Gasteiger partial charge < -0.3 is 14.8 Å². The Hall–Kier alpha value is -3.87. The first-order valence-corrected chi connectivity index (χ1v) is 12.7. The highest BCUT2D eigenvalue weighted by Gasteiger charge is 2.35. The minimum absolute atomic E-state index is 0.190. The van der Waals surface area contributed by atoms with Crippen molar-refractivity contribution >= 4 is 69.8 Å². The molecule has 8 nitrogen and oxygen atoms in total. The summed E-state index contributed by atoms with van der Waals surface area (Å²) >= 11 is 17.5. The fourth-order valence-electron chi connectivity index (χ4n) is 3.73. The van der Waals surface area contributed by atoms with E-state index in [4.69, 9.17) is 40.2 Å². The van der Waals surface area contributed by atoms with Gasteiger partial charge in [-0.2, -0.15) is 10.2 Å². The SMILES string of the molecule is COC(=O)C1CC(c2ccc(/C=N/NC(=S)Nc3c(Cl)cccc3Cl)cc2)=NN1c1ccc(OC(F)(F)F)cc1. The number of alkyl halides is 3. The second-order valence-corrected chi connectivity index (χ2v) is 9.44. The average Bonchev–Trinajstić information content (AvgIpc) is 3.36. The van der Waals surface area contributed by atoms with Crippen LogP contribution in [0, 0.1) is 0 Å². The smallest absolute Gasteiger partial charge is 0.467 e. The number of benzene rings is 3. The number of ether oxygens (including phenoxy) is 2. The molecule has 0 saturated heterocycles. The molecule has 2 N–H and O–H groups in total. The van der Waals surface area contributed by atoms with Crippen molar-refractivity contribution in [3.8, 4) is 5.75 Å². The number of esters is 1. The van der Waals surface area contributed by atoms with E-state index in [2.05, 4.69) is 25.7 Å². The van der Waals surface area contributed by atoms with Gasteiger partial charge in [-0.05, 0) is 59.7 Å². The van der Waals surface area contributed by atoms with Gasteiger partial charge in [-0.3, -0.25) is 10.4 Å². The van der Waals surface area contributed by atoms with Crippen molar-refractivity contribution in [2.24, 2.45) is 10.2 Å². The second-order valence-electron chi connectivity index (χ2n) is 8.22. The molecule has 0 radical (unpaired) electrons. The molecule has 3 aromatic carbocycles. The molecule has 208 valence electrons. The number of anilines is 2. The highest BCUT2D eigenvalue weighted by atomic mass is 35.5. The van der Waals surface area contributed by atoms with Crippen LogP contribution in [-0.2, 0) is 9.53 Å². The van der Waals surface area contributed by atoms with Gasteiger partial charge in [0, 0.05) is 6.42 Å². The zero-order valence-corrected chi connectivity index (χ0v) is 22.9. The van der Waals surface area contributed by atoms with E-state index in [1.165, 1.54) is 24.3 Å². The van der Waals surface area contributed by atoms with E-state index in [1.54, 1.807) is 48.7 Å². The molecule has 1 aliphatic heterocycles. The van der Waals surface area contributed by atoms with Crippen LogP contribution in [0.2, 0.25) is 10.0 Å². The fraction of sp³-hybridized carbons (Fsp3) is 0.154. The number of nitrogens with zero attached hydrogens (tertiary/aromatic N) is 3. The Kier molecular flexibility index (Phi) is 9.13. The molecule has 40 heavy (non-hydrogen) atoms. The highest BCUT2D eigenvalue weighted by molar-refractivity contribution is 7.80. The second kappa shape index (κ2) is 12.5. The molecular weight excluding hydrogens is 590 g/mol. The van der Waals surface area contributed by atoms with Gasteiger partial charge >= 0.3 is 12.3 Å². The van der Waals surface area contributed by atoms with Crippen LogP contribution in [0.3, 0.4) is 0 Å². The van der Waals surface area contributed by atoms with Crippen molar-refractivity contribution in [1.82, 2.24) is 5.43 Å². The molecule has 1 aliphatic rings. The molecule has 0 aliphatic carbocycles. The first-order valence-electron chi connectivity index (χ1n) is 11.5. The zero-order chi connectivity index (χ0) is 28.9. The van der Waals surface area contributed by atoms with Crippen LogP contribution in [0.1, 0.15) is 17.5 Å². The van der Waals surface area contributed by atoms with Gasteiger partial charge in [0.2, 0.25) is 0 Å². The van der Waals surface area contributed by atoms with Crippen molar-refractivity contribution in [3.63, 3.8) is 0 Å². The summed E-state index contributed by atoms with van der Waals surface area (Å²) in [6.45, 7) is 0. The van der Waals surface area contributed by atoms with Crippen LogP contribution >= 0.6 is 35.4 Å². The molecule has 0 saturated carbocycles. The molecule has 4 rings (SSSR count). The van der Waals surface area contributed by atoms with Crippen LogP contribution in [0.25, 0.3) is 0 Å². The summed E-state index contributed by atoms with van der Waals surface area (Å²) in [6.07, 6.45) is -3.03. The van der Waals surface area contributed by atoms with Crippen molar-refractivity contribution in [2.45, 2.75) is 18.8 Å². The van der Waals surface area contributed by atoms with E-state index in [9.17, 15) is 18.0 Å². The van der Waals surface area contributed by atoms with Crippen molar-refractivity contribution in [2.75, 3.05) is 17.4 Å². The topological polar surface area (TPSA) is 87.5 Å². The van der Waals surface area contributed by atoms with Gasteiger partial charge in [0.15, 0.2) is 11.2 Å². The summed E-state index contributed by atoms with van der Waals surface area (Å²) in [5, 5.41) is 14.0. The third-order valence-corrected chi connectivity index (χ3v) is 6.37. The fourth-order valence-corrected chi connectivity index (χ4v) is 4.38. The van der Waals surface area contributed by atoms with Gasteiger partial charge in [-0.15, -0.1) is 13.2 Å². The average molecular weight is 610 g/mol. The van der Waals surface area contributed by atoms with Crippen LogP contribution in [-0.4, -0.2) is 42.5 Å². The van der Waals surface area contributed by atoms with E-state index in [-0.39, 0.29) is 17.3 Å². The van der Waals surface area contributed by atoms with E-state index < -0.39 is 18.4 Å². The Bertz CT molecular complexity index is 1430. The molecule has 0 fully saturated rings. The molecule has 1 unspecified atom stereocenters. The zero-order valence-electron chi connectivity index (χ0n) is 20.6. The number of para-hydroxylation sites is 1. The quantitative estimate of drug-likeness (QED) is 0.139. The van der Waals surface area contributed by atoms with Crippen LogP contribution in [0.15, 0.2) is 76.9 Å². The first-order chi connectivity index (χ1) is 19.0. The Morgan fingerprint density at radius 2 is 1.75 bits per heavy atom. The normalized spacial score (nSPS) is 15.1. The number of carbonyl (C=O) groups excluding carboxylic acids is 1. The Morgan fingerprint density at radius 1 is 1.10 bits per heavy atom. The lowest BCUT2D eigenvalue weighted by molar-refractivity contribution is -0.274. The van der Waals surface area contributed by atoms with Crippen LogP contribution < -0.4 is 20.5 Å². The number of rotatable bonds is 7. The lowest BCUT2D eigenvalue weighted by Gasteiger charge is -2.21. The predicted molar refractivity (Wildman–Crippen MR) is 152 cm³/mol. The maximum absolute atomic E-state index is 12.5. The molecule has 0 bridgehead atoms. The van der Waals surface area contributed by atoms with E-state index >= 15 is 0 Å². The van der Waals surface area contributed by atoms with Gasteiger partial charge in [0.1, 0.15) is 5.75 Å². The number of halogens is 5. The summed E-state index contributed by atoms with van der Waals surface area (Å²) in [6, 6.07) is 16.5. The number of methoxy groups -OCH3 is 1. The van der Waals surface area contributed by atoms with Crippen LogP contribution in [0.4, 0.5) is 24.5 Å². The maximum atomic E-state index is 12.5.